The first kappa shape index (κ1) is 15.3. The Kier molecular flexibility index (Phi) is 4.82. The van der Waals surface area contributed by atoms with Crippen LogP contribution in [0.3, 0.4) is 0 Å². The highest BCUT2D eigenvalue weighted by molar-refractivity contribution is 6.30. The monoisotopic (exact) mass is 310 g/mol. The summed E-state index contributed by atoms with van der Waals surface area (Å²) in [6, 6.07) is 5.95. The molecule has 3 rings (SSSR count). The van der Waals surface area contributed by atoms with Crippen LogP contribution in [0.4, 0.5) is 4.39 Å². The van der Waals surface area contributed by atoms with E-state index in [4.69, 9.17) is 11.6 Å². The highest BCUT2D eigenvalue weighted by Gasteiger charge is 2.31. The molecule has 116 valence electrons. The van der Waals surface area contributed by atoms with E-state index in [0.717, 1.165) is 24.7 Å². The van der Waals surface area contributed by atoms with Crippen molar-refractivity contribution in [2.75, 3.05) is 20.1 Å². The second kappa shape index (κ2) is 6.64. The zero-order chi connectivity index (χ0) is 14.8. The second-order valence-electron chi connectivity index (χ2n) is 6.57. The number of nitrogens with one attached hydrogen (secondary N) is 1. The topological polar surface area (TPSA) is 15.3 Å². The van der Waals surface area contributed by atoms with E-state index in [1.165, 1.54) is 38.2 Å². The van der Waals surface area contributed by atoms with E-state index < -0.39 is 0 Å². The number of hydrogen-bond donors (Lipinski definition) is 1. The fourth-order valence-corrected chi connectivity index (χ4v) is 3.75. The van der Waals surface area contributed by atoms with Crippen LogP contribution in [0.5, 0.6) is 0 Å². The molecule has 0 radical (unpaired) electrons. The van der Waals surface area contributed by atoms with Crippen molar-refractivity contribution in [2.24, 2.45) is 5.92 Å². The number of likely N-dealkylation sites (tertiary alicyclic amines) is 1. The summed E-state index contributed by atoms with van der Waals surface area (Å²) in [5, 5.41) is 4.15. The fourth-order valence-electron chi connectivity index (χ4n) is 3.52. The second-order valence-corrected chi connectivity index (χ2v) is 7.00. The van der Waals surface area contributed by atoms with Gasteiger partial charge in [-0.3, -0.25) is 4.90 Å². The van der Waals surface area contributed by atoms with E-state index in [9.17, 15) is 4.39 Å². The Hall–Kier alpha value is -0.640. The Labute approximate surface area is 131 Å². The molecule has 0 aromatic heterocycles. The molecule has 4 heteroatoms. The number of benzene rings is 1. The Morgan fingerprint density at radius 1 is 1.24 bits per heavy atom. The zero-order valence-electron chi connectivity index (χ0n) is 12.6. The van der Waals surface area contributed by atoms with Crippen LogP contribution in [0.2, 0.25) is 5.02 Å². The van der Waals surface area contributed by atoms with Crippen LogP contribution < -0.4 is 5.32 Å². The Morgan fingerprint density at radius 2 is 2.05 bits per heavy atom. The lowest BCUT2D eigenvalue weighted by atomic mass is 9.89. The first-order valence-corrected chi connectivity index (χ1v) is 8.41. The summed E-state index contributed by atoms with van der Waals surface area (Å²) in [5.74, 6) is 0.292. The van der Waals surface area contributed by atoms with Crippen LogP contribution in [0.25, 0.3) is 0 Å². The van der Waals surface area contributed by atoms with Crippen LogP contribution in [-0.4, -0.2) is 31.1 Å². The van der Waals surface area contributed by atoms with E-state index in [1.807, 2.05) is 6.07 Å². The average Bonchev–Trinajstić information content (AvgIpc) is 3.23. The van der Waals surface area contributed by atoms with Crippen molar-refractivity contribution in [3.8, 4) is 0 Å². The Balaban J connectivity index is 1.83. The Morgan fingerprint density at radius 3 is 2.76 bits per heavy atom. The predicted octanol–water partition coefficient (Wildman–Crippen LogP) is 4.00. The number of nitrogens with zero attached hydrogens (tertiary/aromatic N) is 1. The van der Waals surface area contributed by atoms with Crippen molar-refractivity contribution >= 4 is 11.6 Å². The van der Waals surface area contributed by atoms with Crippen LogP contribution in [0, 0.1) is 11.7 Å². The highest BCUT2D eigenvalue weighted by atomic mass is 35.5. The molecule has 1 aromatic carbocycles. The van der Waals surface area contributed by atoms with E-state index in [1.54, 1.807) is 6.07 Å². The summed E-state index contributed by atoms with van der Waals surface area (Å²) in [6.07, 6.45) is 6.28. The summed E-state index contributed by atoms with van der Waals surface area (Å²) in [5.41, 5.74) is 1.02. The third kappa shape index (κ3) is 3.97. The van der Waals surface area contributed by atoms with Gasteiger partial charge in [-0.15, -0.1) is 0 Å². The third-order valence-electron chi connectivity index (χ3n) is 4.73. The summed E-state index contributed by atoms with van der Waals surface area (Å²) >= 11 is 6.07. The third-order valence-corrected chi connectivity index (χ3v) is 4.95. The standard InChI is InChI=1S/C17H24ClFN2/c1-21-7-3-2-4-12(11-20-16-5-6-16)17(21)13-8-14(18)10-15(19)9-13/h8-10,12,16-17,20H,2-7,11H2,1H3. The van der Waals surface area contributed by atoms with Crippen molar-refractivity contribution in [3.63, 3.8) is 0 Å². The van der Waals surface area contributed by atoms with Gasteiger partial charge in [0.2, 0.25) is 0 Å². The molecular weight excluding hydrogens is 287 g/mol. The van der Waals surface area contributed by atoms with Crippen LogP contribution in [0.1, 0.15) is 43.7 Å². The Bertz CT molecular complexity index is 469. The number of halogens is 2. The van der Waals surface area contributed by atoms with Crippen LogP contribution in [-0.2, 0) is 0 Å². The molecule has 2 aliphatic rings. The van der Waals surface area contributed by atoms with Gasteiger partial charge in [-0.25, -0.2) is 4.39 Å². The predicted molar refractivity (Wildman–Crippen MR) is 85.1 cm³/mol. The first-order valence-electron chi connectivity index (χ1n) is 8.03. The van der Waals surface area contributed by atoms with Gasteiger partial charge in [0.15, 0.2) is 0 Å². The normalized spacial score (nSPS) is 27.6. The molecule has 1 heterocycles. The van der Waals surface area contributed by atoms with E-state index in [2.05, 4.69) is 17.3 Å². The molecule has 21 heavy (non-hydrogen) atoms. The van der Waals surface area contributed by atoms with E-state index in [0.29, 0.717) is 10.9 Å². The minimum atomic E-state index is -0.232. The molecule has 2 atom stereocenters. The maximum atomic E-state index is 13.7. The van der Waals surface area contributed by atoms with Gasteiger partial charge in [0.05, 0.1) is 0 Å². The largest absolute Gasteiger partial charge is 0.314 e. The molecule has 1 aromatic rings. The minimum Gasteiger partial charge on any atom is -0.314 e. The lowest BCUT2D eigenvalue weighted by Crippen LogP contribution is -2.35. The van der Waals surface area contributed by atoms with Gasteiger partial charge < -0.3 is 5.32 Å². The van der Waals surface area contributed by atoms with Crippen molar-refractivity contribution in [3.05, 3.63) is 34.6 Å². The molecule has 2 nitrogen and oxygen atoms in total. The number of rotatable bonds is 4. The van der Waals surface area contributed by atoms with E-state index in [-0.39, 0.29) is 11.9 Å². The average molecular weight is 311 g/mol. The number of hydrogen-bond acceptors (Lipinski definition) is 2. The van der Waals surface area contributed by atoms with Crippen LogP contribution >= 0.6 is 11.6 Å². The van der Waals surface area contributed by atoms with Gasteiger partial charge in [-0.05, 0) is 69.0 Å². The molecule has 2 unspecified atom stereocenters. The van der Waals surface area contributed by atoms with Gasteiger partial charge in [0.1, 0.15) is 5.82 Å². The molecule has 1 aliphatic heterocycles. The van der Waals surface area contributed by atoms with Gasteiger partial charge in [-0.1, -0.05) is 18.0 Å². The molecule has 0 bridgehead atoms. The quantitative estimate of drug-likeness (QED) is 0.904. The molecule has 0 spiro atoms. The maximum absolute atomic E-state index is 13.7. The summed E-state index contributed by atoms with van der Waals surface area (Å²) < 4.78 is 13.7. The fraction of sp³-hybridized carbons (Fsp3) is 0.647. The van der Waals surface area contributed by atoms with Gasteiger partial charge in [0.25, 0.3) is 0 Å². The van der Waals surface area contributed by atoms with Gasteiger partial charge >= 0.3 is 0 Å². The van der Waals surface area contributed by atoms with Crippen molar-refractivity contribution < 1.29 is 4.39 Å². The maximum Gasteiger partial charge on any atom is 0.125 e. The van der Waals surface area contributed by atoms with E-state index >= 15 is 0 Å². The minimum absolute atomic E-state index is 0.232. The molecule has 1 saturated heterocycles. The van der Waals surface area contributed by atoms with Crippen molar-refractivity contribution in [2.45, 2.75) is 44.2 Å². The summed E-state index contributed by atoms with van der Waals surface area (Å²) in [4.78, 5) is 2.37. The van der Waals surface area contributed by atoms with Gasteiger partial charge in [-0.2, -0.15) is 0 Å². The molecule has 2 fully saturated rings. The van der Waals surface area contributed by atoms with Crippen molar-refractivity contribution in [1.29, 1.82) is 0 Å². The lowest BCUT2D eigenvalue weighted by molar-refractivity contribution is 0.188. The SMILES string of the molecule is CN1CCCCC(CNC2CC2)C1c1cc(F)cc(Cl)c1. The first-order chi connectivity index (χ1) is 10.1. The molecule has 1 N–H and O–H groups in total. The highest BCUT2D eigenvalue weighted by Crippen LogP contribution is 2.36. The molecule has 1 saturated carbocycles. The molecule has 1 aliphatic carbocycles. The van der Waals surface area contributed by atoms with Gasteiger partial charge in [0, 0.05) is 23.7 Å². The zero-order valence-corrected chi connectivity index (χ0v) is 13.4. The molecular formula is C17H24ClFN2. The summed E-state index contributed by atoms with van der Waals surface area (Å²) in [7, 11) is 2.15. The smallest absolute Gasteiger partial charge is 0.125 e. The molecule has 0 amide bonds. The summed E-state index contributed by atoms with van der Waals surface area (Å²) in [6.45, 7) is 2.09. The lowest BCUT2D eigenvalue weighted by Gasteiger charge is -2.33. The van der Waals surface area contributed by atoms with Crippen molar-refractivity contribution in [1.82, 2.24) is 10.2 Å². The van der Waals surface area contributed by atoms with Crippen LogP contribution in [0.15, 0.2) is 18.2 Å².